The first kappa shape index (κ1) is 10.9. The van der Waals surface area contributed by atoms with Gasteiger partial charge >= 0.3 is 0 Å². The molecule has 1 aliphatic rings. The quantitative estimate of drug-likeness (QED) is 0.824. The fraction of sp³-hybridized carbons (Fsp3) is 0.545. The Morgan fingerprint density at radius 2 is 2.25 bits per heavy atom. The first-order chi connectivity index (χ1) is 7.72. The zero-order valence-electron chi connectivity index (χ0n) is 9.39. The lowest BCUT2D eigenvalue weighted by Crippen LogP contribution is -2.34. The zero-order chi connectivity index (χ0) is 11.5. The second-order valence-corrected chi connectivity index (χ2v) is 4.06. The monoisotopic (exact) mass is 220 g/mol. The van der Waals surface area contributed by atoms with Crippen LogP contribution in [-0.2, 0) is 0 Å². The molecule has 0 aromatic carbocycles. The maximum Gasteiger partial charge on any atom is 0.274 e. The molecule has 1 amide bonds. The number of hydrogen-bond acceptors (Lipinski definition) is 4. The van der Waals surface area contributed by atoms with Crippen molar-refractivity contribution < 1.29 is 4.79 Å². The van der Waals surface area contributed by atoms with E-state index < -0.39 is 0 Å². The predicted octanol–water partition coefficient (Wildman–Crippen LogP) is 1.07. The van der Waals surface area contributed by atoms with Gasteiger partial charge in [-0.2, -0.15) is 0 Å². The first-order valence-corrected chi connectivity index (χ1v) is 5.61. The van der Waals surface area contributed by atoms with Crippen LogP contribution in [0.3, 0.4) is 0 Å². The average molecular weight is 220 g/mol. The van der Waals surface area contributed by atoms with Crippen LogP contribution < -0.4 is 5.73 Å². The molecule has 1 heterocycles. The third-order valence-electron chi connectivity index (χ3n) is 2.60. The van der Waals surface area contributed by atoms with Crippen LogP contribution in [0.2, 0.25) is 0 Å². The summed E-state index contributed by atoms with van der Waals surface area (Å²) in [6, 6.07) is 0.409. The van der Waals surface area contributed by atoms with Gasteiger partial charge in [0, 0.05) is 12.6 Å². The van der Waals surface area contributed by atoms with E-state index in [1.807, 2.05) is 4.90 Å². The van der Waals surface area contributed by atoms with E-state index in [9.17, 15) is 4.79 Å². The van der Waals surface area contributed by atoms with Crippen molar-refractivity contribution in [2.75, 3.05) is 12.3 Å². The van der Waals surface area contributed by atoms with Crippen LogP contribution in [0.25, 0.3) is 0 Å². The number of carbonyl (C=O) groups excluding carboxylic acids is 1. The maximum absolute atomic E-state index is 12.1. The number of nitrogen functional groups attached to an aromatic ring is 1. The highest BCUT2D eigenvalue weighted by molar-refractivity contribution is 5.92. The highest BCUT2D eigenvalue weighted by Crippen LogP contribution is 2.28. The molecule has 2 N–H and O–H groups in total. The van der Waals surface area contributed by atoms with Crippen LogP contribution in [-0.4, -0.2) is 33.4 Å². The highest BCUT2D eigenvalue weighted by atomic mass is 16.2. The van der Waals surface area contributed by atoms with Crippen LogP contribution in [0.15, 0.2) is 12.4 Å². The van der Waals surface area contributed by atoms with Crippen molar-refractivity contribution in [1.82, 2.24) is 14.9 Å². The van der Waals surface area contributed by atoms with Crippen molar-refractivity contribution in [3.63, 3.8) is 0 Å². The molecule has 1 aromatic heterocycles. The molecule has 1 aromatic rings. The van der Waals surface area contributed by atoms with Gasteiger partial charge < -0.3 is 10.6 Å². The normalized spacial score (nSPS) is 14.8. The molecule has 5 heteroatoms. The predicted molar refractivity (Wildman–Crippen MR) is 60.8 cm³/mol. The number of hydrogen-bond donors (Lipinski definition) is 1. The van der Waals surface area contributed by atoms with Crippen molar-refractivity contribution >= 4 is 11.7 Å². The Morgan fingerprint density at radius 3 is 2.75 bits per heavy atom. The van der Waals surface area contributed by atoms with Crippen molar-refractivity contribution in [3.8, 4) is 0 Å². The molecule has 1 aliphatic carbocycles. The minimum atomic E-state index is -0.0307. The fourth-order valence-corrected chi connectivity index (χ4v) is 1.67. The van der Waals surface area contributed by atoms with Crippen LogP contribution in [0.1, 0.15) is 36.7 Å². The molecule has 0 bridgehead atoms. The summed E-state index contributed by atoms with van der Waals surface area (Å²) in [5.41, 5.74) is 5.82. The minimum absolute atomic E-state index is 0.0307. The molecule has 2 rings (SSSR count). The van der Waals surface area contributed by atoms with Gasteiger partial charge in [-0.25, -0.2) is 9.97 Å². The highest BCUT2D eigenvalue weighted by Gasteiger charge is 2.32. The lowest BCUT2D eigenvalue weighted by molar-refractivity contribution is 0.0737. The van der Waals surface area contributed by atoms with Crippen molar-refractivity contribution in [2.45, 2.75) is 32.2 Å². The molecular formula is C11H16N4O. The largest absolute Gasteiger partial charge is 0.382 e. The second kappa shape index (κ2) is 4.47. The summed E-state index contributed by atoms with van der Waals surface area (Å²) in [4.78, 5) is 21.9. The number of anilines is 1. The van der Waals surface area contributed by atoms with Crippen LogP contribution in [0, 0.1) is 0 Å². The Labute approximate surface area is 94.7 Å². The molecule has 0 atom stereocenters. The number of rotatable bonds is 4. The van der Waals surface area contributed by atoms with E-state index in [4.69, 9.17) is 5.73 Å². The number of aromatic nitrogens is 2. The summed E-state index contributed by atoms with van der Waals surface area (Å²) >= 11 is 0. The molecule has 0 unspecified atom stereocenters. The Bertz CT molecular complexity index is 372. The Hall–Kier alpha value is -1.65. The van der Waals surface area contributed by atoms with Gasteiger partial charge in [0.25, 0.3) is 5.91 Å². The SMILES string of the molecule is CCCN(C(=O)c1cnc(N)cn1)C1CC1. The summed E-state index contributed by atoms with van der Waals surface area (Å²) < 4.78 is 0. The smallest absolute Gasteiger partial charge is 0.274 e. The Morgan fingerprint density at radius 1 is 1.50 bits per heavy atom. The van der Waals surface area contributed by atoms with Gasteiger partial charge in [-0.1, -0.05) is 6.92 Å². The molecule has 1 fully saturated rings. The van der Waals surface area contributed by atoms with Gasteiger partial charge in [-0.15, -0.1) is 0 Å². The number of carbonyl (C=O) groups is 1. The summed E-state index contributed by atoms with van der Waals surface area (Å²) in [6.07, 6.45) is 6.04. The number of nitrogens with two attached hydrogens (primary N) is 1. The van der Waals surface area contributed by atoms with Gasteiger partial charge in [0.15, 0.2) is 0 Å². The van der Waals surface area contributed by atoms with E-state index in [1.54, 1.807) is 0 Å². The van der Waals surface area contributed by atoms with E-state index in [-0.39, 0.29) is 5.91 Å². The van der Waals surface area contributed by atoms with Crippen LogP contribution in [0.4, 0.5) is 5.82 Å². The first-order valence-electron chi connectivity index (χ1n) is 5.61. The molecule has 0 aliphatic heterocycles. The zero-order valence-corrected chi connectivity index (χ0v) is 9.39. The van der Waals surface area contributed by atoms with Crippen LogP contribution >= 0.6 is 0 Å². The van der Waals surface area contributed by atoms with Crippen molar-refractivity contribution in [1.29, 1.82) is 0 Å². The molecule has 0 spiro atoms. The molecule has 1 saturated carbocycles. The summed E-state index contributed by atoms with van der Waals surface area (Å²) in [5, 5.41) is 0. The van der Waals surface area contributed by atoms with Gasteiger partial charge in [0.1, 0.15) is 11.5 Å². The third-order valence-corrected chi connectivity index (χ3v) is 2.60. The summed E-state index contributed by atoms with van der Waals surface area (Å²) in [7, 11) is 0. The Balaban J connectivity index is 2.12. The van der Waals surface area contributed by atoms with E-state index >= 15 is 0 Å². The summed E-state index contributed by atoms with van der Waals surface area (Å²) in [5.74, 6) is 0.307. The molecule has 0 saturated heterocycles. The van der Waals surface area contributed by atoms with Gasteiger partial charge in [0.05, 0.1) is 12.4 Å². The van der Waals surface area contributed by atoms with Gasteiger partial charge in [-0.3, -0.25) is 4.79 Å². The third kappa shape index (κ3) is 2.29. The van der Waals surface area contributed by atoms with Gasteiger partial charge in [0.2, 0.25) is 0 Å². The fourth-order valence-electron chi connectivity index (χ4n) is 1.67. The summed E-state index contributed by atoms with van der Waals surface area (Å²) in [6.45, 7) is 2.85. The lowest BCUT2D eigenvalue weighted by atomic mass is 10.3. The van der Waals surface area contributed by atoms with Crippen molar-refractivity contribution in [3.05, 3.63) is 18.1 Å². The molecule has 16 heavy (non-hydrogen) atoms. The van der Waals surface area contributed by atoms with Crippen LogP contribution in [0.5, 0.6) is 0 Å². The average Bonchev–Trinajstić information content (AvgIpc) is 3.10. The van der Waals surface area contributed by atoms with E-state index in [2.05, 4.69) is 16.9 Å². The topological polar surface area (TPSA) is 72.1 Å². The second-order valence-electron chi connectivity index (χ2n) is 4.06. The standard InChI is InChI=1S/C11H16N4O/c1-2-5-15(8-3-4-8)11(16)9-6-14-10(12)7-13-9/h6-8H,2-5H2,1H3,(H2,12,14). The number of amides is 1. The van der Waals surface area contributed by atoms with Gasteiger partial charge in [-0.05, 0) is 19.3 Å². The molecule has 86 valence electrons. The van der Waals surface area contributed by atoms with Crippen molar-refractivity contribution in [2.24, 2.45) is 0 Å². The Kier molecular flexibility index (Phi) is 3.03. The van der Waals surface area contributed by atoms with E-state index in [0.29, 0.717) is 17.6 Å². The van der Waals surface area contributed by atoms with E-state index in [0.717, 1.165) is 25.8 Å². The maximum atomic E-state index is 12.1. The molecule has 5 nitrogen and oxygen atoms in total. The lowest BCUT2D eigenvalue weighted by Gasteiger charge is -2.20. The molecule has 0 radical (unpaired) electrons. The molecular weight excluding hydrogens is 204 g/mol. The van der Waals surface area contributed by atoms with E-state index in [1.165, 1.54) is 12.4 Å². The number of nitrogens with zero attached hydrogens (tertiary/aromatic N) is 3. The minimum Gasteiger partial charge on any atom is -0.382 e.